The van der Waals surface area contributed by atoms with E-state index in [1.165, 1.54) is 50.8 Å². The van der Waals surface area contributed by atoms with E-state index in [1.807, 2.05) is 0 Å². The summed E-state index contributed by atoms with van der Waals surface area (Å²) in [7, 11) is 2.96. The van der Waals surface area contributed by atoms with Crippen LogP contribution in [0, 0.1) is 10.1 Å². The number of esters is 1. The van der Waals surface area contributed by atoms with Crippen molar-refractivity contribution in [2.45, 2.75) is 19.8 Å². The summed E-state index contributed by atoms with van der Waals surface area (Å²) >= 11 is 0. The Kier molecular flexibility index (Phi) is 11.4. The number of rotatable bonds is 14. The molecule has 0 fully saturated rings. The Hall–Kier alpha value is -5.46. The number of methoxy groups -OCH3 is 2. The highest BCUT2D eigenvalue weighted by atomic mass is 16.6. The van der Waals surface area contributed by atoms with E-state index in [0.29, 0.717) is 35.8 Å². The van der Waals surface area contributed by atoms with E-state index in [2.05, 4.69) is 15.8 Å². The summed E-state index contributed by atoms with van der Waals surface area (Å²) in [5.74, 6) is -0.0974. The van der Waals surface area contributed by atoms with Crippen LogP contribution in [0.5, 0.6) is 23.0 Å². The molecule has 13 heteroatoms. The molecule has 0 bridgehead atoms. The van der Waals surface area contributed by atoms with E-state index in [0.717, 1.165) is 0 Å². The normalized spacial score (nSPS) is 10.5. The van der Waals surface area contributed by atoms with E-state index in [4.69, 9.17) is 18.9 Å². The van der Waals surface area contributed by atoms with Crippen molar-refractivity contribution < 1.29 is 38.3 Å². The van der Waals surface area contributed by atoms with Gasteiger partial charge in [-0.05, 0) is 61.4 Å². The van der Waals surface area contributed by atoms with Crippen molar-refractivity contribution >= 4 is 29.7 Å². The van der Waals surface area contributed by atoms with Gasteiger partial charge in [0.05, 0.1) is 37.5 Å². The van der Waals surface area contributed by atoms with Crippen LogP contribution in [0.15, 0.2) is 65.8 Å². The number of hydrazone groups is 1. The van der Waals surface area contributed by atoms with Crippen LogP contribution in [0.1, 0.15) is 46.0 Å². The fourth-order valence-electron chi connectivity index (χ4n) is 3.63. The molecule has 0 aliphatic rings. The quantitative estimate of drug-likeness (QED) is 0.0720. The number of nitrogens with zero attached hydrogens (tertiary/aromatic N) is 2. The number of amides is 2. The molecule has 0 saturated carbocycles. The van der Waals surface area contributed by atoms with Crippen LogP contribution in [0.2, 0.25) is 0 Å². The lowest BCUT2D eigenvalue weighted by atomic mass is 10.2. The van der Waals surface area contributed by atoms with Crippen LogP contribution in [0.3, 0.4) is 0 Å². The molecule has 3 aromatic carbocycles. The first-order valence-electron chi connectivity index (χ1n) is 12.8. The molecule has 0 unspecified atom stereocenters. The number of carbonyl (C=O) groups is 3. The van der Waals surface area contributed by atoms with Crippen LogP contribution < -0.4 is 29.7 Å². The summed E-state index contributed by atoms with van der Waals surface area (Å²) in [5, 5.41) is 17.4. The second kappa shape index (κ2) is 15.4. The molecule has 2 N–H and O–H groups in total. The Morgan fingerprint density at radius 3 is 2.40 bits per heavy atom. The first kappa shape index (κ1) is 31.1. The molecular weight excluding hydrogens is 548 g/mol. The van der Waals surface area contributed by atoms with Gasteiger partial charge in [0.25, 0.3) is 11.6 Å². The number of benzene rings is 3. The average molecular weight is 579 g/mol. The molecule has 3 rings (SSSR count). The SMILES string of the molecule is CCOc1cc(C=NNC(=O)CCCNC(=O)c2cccc([N+](=O)[O-])c2)ccc1OC(=O)c1ccc(OC)c(OC)c1. The largest absolute Gasteiger partial charge is 0.493 e. The lowest BCUT2D eigenvalue weighted by Gasteiger charge is -2.12. The van der Waals surface area contributed by atoms with Gasteiger partial charge < -0.3 is 24.3 Å². The number of hydrogen-bond acceptors (Lipinski definition) is 10. The number of non-ortho nitro benzene ring substituents is 1. The van der Waals surface area contributed by atoms with E-state index < -0.39 is 16.8 Å². The van der Waals surface area contributed by atoms with Gasteiger partial charge in [-0.15, -0.1) is 0 Å². The van der Waals surface area contributed by atoms with Gasteiger partial charge in [-0.1, -0.05) is 6.07 Å². The van der Waals surface area contributed by atoms with E-state index >= 15 is 0 Å². The highest BCUT2D eigenvalue weighted by Crippen LogP contribution is 2.31. The Labute approximate surface area is 241 Å². The molecule has 0 spiro atoms. The van der Waals surface area contributed by atoms with E-state index in [1.54, 1.807) is 37.3 Å². The average Bonchev–Trinajstić information content (AvgIpc) is 3.00. The van der Waals surface area contributed by atoms with Crippen LogP contribution in [-0.4, -0.2) is 56.3 Å². The number of nitro benzene ring substituents is 1. The summed E-state index contributed by atoms with van der Waals surface area (Å²) < 4.78 is 21.6. The van der Waals surface area contributed by atoms with Gasteiger partial charge in [0, 0.05) is 30.7 Å². The summed E-state index contributed by atoms with van der Waals surface area (Å²) in [6.07, 6.45) is 1.82. The van der Waals surface area contributed by atoms with E-state index in [-0.39, 0.29) is 41.4 Å². The van der Waals surface area contributed by atoms with Gasteiger partial charge in [-0.25, -0.2) is 10.2 Å². The fourth-order valence-corrected chi connectivity index (χ4v) is 3.63. The minimum absolute atomic E-state index is 0.0851. The van der Waals surface area contributed by atoms with Crippen molar-refractivity contribution in [1.29, 1.82) is 0 Å². The van der Waals surface area contributed by atoms with Gasteiger partial charge >= 0.3 is 5.97 Å². The summed E-state index contributed by atoms with van der Waals surface area (Å²) in [6, 6.07) is 14.8. The standard InChI is InChI=1S/C29H30N4O9/c1-4-41-26-15-19(10-12-24(26)42-29(36)21-11-13-23(39-2)25(17-21)40-3)18-31-32-27(34)9-6-14-30-28(35)20-7-5-8-22(16-20)33(37)38/h5,7-8,10-13,15-18H,4,6,9,14H2,1-3H3,(H,30,35)(H,32,34). The van der Waals surface area contributed by atoms with Gasteiger partial charge in [0.15, 0.2) is 23.0 Å². The van der Waals surface area contributed by atoms with Crippen molar-refractivity contribution in [2.75, 3.05) is 27.4 Å². The number of hydrogen-bond donors (Lipinski definition) is 2. The van der Waals surface area contributed by atoms with Crippen molar-refractivity contribution in [2.24, 2.45) is 5.10 Å². The third-order valence-electron chi connectivity index (χ3n) is 5.68. The molecule has 0 atom stereocenters. The lowest BCUT2D eigenvalue weighted by Crippen LogP contribution is -2.26. The second-order valence-electron chi connectivity index (χ2n) is 8.56. The number of carbonyl (C=O) groups excluding carboxylic acids is 3. The minimum atomic E-state index is -0.619. The lowest BCUT2D eigenvalue weighted by molar-refractivity contribution is -0.384. The molecule has 3 aromatic rings. The Bertz CT molecular complexity index is 1470. The zero-order chi connectivity index (χ0) is 30.5. The Morgan fingerprint density at radius 2 is 1.69 bits per heavy atom. The third kappa shape index (κ3) is 8.78. The molecule has 0 aliphatic carbocycles. The summed E-state index contributed by atoms with van der Waals surface area (Å²) in [6.45, 7) is 2.29. The minimum Gasteiger partial charge on any atom is -0.493 e. The Balaban J connectivity index is 1.51. The van der Waals surface area contributed by atoms with Crippen LogP contribution in [0.25, 0.3) is 0 Å². The number of nitro groups is 1. The van der Waals surface area contributed by atoms with E-state index in [9.17, 15) is 24.5 Å². The van der Waals surface area contributed by atoms with Crippen molar-refractivity contribution in [3.63, 3.8) is 0 Å². The smallest absolute Gasteiger partial charge is 0.343 e. The Morgan fingerprint density at radius 1 is 0.929 bits per heavy atom. The molecule has 2 amide bonds. The molecule has 0 aliphatic heterocycles. The summed E-state index contributed by atoms with van der Waals surface area (Å²) in [5.41, 5.74) is 3.22. The molecule has 0 saturated heterocycles. The van der Waals surface area contributed by atoms with Crippen LogP contribution in [0.4, 0.5) is 5.69 Å². The zero-order valence-corrected chi connectivity index (χ0v) is 23.2. The first-order valence-corrected chi connectivity index (χ1v) is 12.8. The molecule has 13 nitrogen and oxygen atoms in total. The molecule has 220 valence electrons. The third-order valence-corrected chi connectivity index (χ3v) is 5.68. The topological polar surface area (TPSA) is 168 Å². The van der Waals surface area contributed by atoms with Crippen LogP contribution in [-0.2, 0) is 4.79 Å². The molecule has 42 heavy (non-hydrogen) atoms. The highest BCUT2D eigenvalue weighted by Gasteiger charge is 2.16. The fraction of sp³-hybridized carbons (Fsp3) is 0.241. The monoisotopic (exact) mass is 578 g/mol. The van der Waals surface area contributed by atoms with Gasteiger partial charge in [-0.2, -0.15) is 5.10 Å². The van der Waals surface area contributed by atoms with Crippen LogP contribution >= 0.6 is 0 Å². The maximum atomic E-state index is 12.7. The van der Waals surface area contributed by atoms with Crippen molar-refractivity contribution in [3.8, 4) is 23.0 Å². The van der Waals surface area contributed by atoms with Gasteiger partial charge in [-0.3, -0.25) is 19.7 Å². The number of nitrogens with one attached hydrogen (secondary N) is 2. The first-order chi connectivity index (χ1) is 20.2. The van der Waals surface area contributed by atoms with Crippen molar-refractivity contribution in [3.05, 3.63) is 87.5 Å². The number of ether oxygens (including phenoxy) is 4. The maximum absolute atomic E-state index is 12.7. The molecular formula is C29H30N4O9. The maximum Gasteiger partial charge on any atom is 0.343 e. The summed E-state index contributed by atoms with van der Waals surface area (Å²) in [4.78, 5) is 47.3. The van der Waals surface area contributed by atoms with Gasteiger partial charge in [0.2, 0.25) is 5.91 Å². The molecule has 0 radical (unpaired) electrons. The molecule has 0 heterocycles. The van der Waals surface area contributed by atoms with Gasteiger partial charge in [0.1, 0.15) is 0 Å². The second-order valence-corrected chi connectivity index (χ2v) is 8.56. The molecule has 0 aromatic heterocycles. The predicted octanol–water partition coefficient (Wildman–Crippen LogP) is 3.89. The van der Waals surface area contributed by atoms with Crippen molar-refractivity contribution in [1.82, 2.24) is 10.7 Å². The predicted molar refractivity (Wildman–Crippen MR) is 153 cm³/mol. The highest BCUT2D eigenvalue weighted by molar-refractivity contribution is 5.95. The zero-order valence-electron chi connectivity index (χ0n) is 23.2.